The van der Waals surface area contributed by atoms with Gasteiger partial charge in [-0.05, 0) is 5.57 Å². The molecule has 0 aromatic rings. The van der Waals surface area contributed by atoms with Gasteiger partial charge in [-0.2, -0.15) is 0 Å². The highest BCUT2D eigenvalue weighted by Crippen LogP contribution is 2.33. The van der Waals surface area contributed by atoms with E-state index in [0.29, 0.717) is 5.25 Å². The van der Waals surface area contributed by atoms with E-state index in [4.69, 9.17) is 0 Å². The summed E-state index contributed by atoms with van der Waals surface area (Å²) >= 11 is 1.75. The van der Waals surface area contributed by atoms with Gasteiger partial charge in [-0.3, -0.25) is 0 Å². The van der Waals surface area contributed by atoms with Crippen molar-refractivity contribution < 1.29 is 0 Å². The van der Waals surface area contributed by atoms with Gasteiger partial charge in [0.15, 0.2) is 0 Å². The van der Waals surface area contributed by atoms with Gasteiger partial charge in [0.2, 0.25) is 0 Å². The predicted octanol–water partition coefficient (Wildman–Crippen LogP) is 2.19. The summed E-state index contributed by atoms with van der Waals surface area (Å²) in [5, 5.41) is 0.565. The van der Waals surface area contributed by atoms with Crippen molar-refractivity contribution in [2.75, 3.05) is 0 Å². The van der Waals surface area contributed by atoms with E-state index in [1.54, 1.807) is 11.8 Å². The molecule has 1 heterocycles. The Morgan fingerprint density at radius 2 is 2.44 bits per heavy atom. The lowest BCUT2D eigenvalue weighted by Crippen LogP contribution is -1.97. The van der Waals surface area contributed by atoms with Crippen LogP contribution in [0.1, 0.15) is 0 Å². The summed E-state index contributed by atoms with van der Waals surface area (Å²) in [6.07, 6.45) is 10.5. The molecule has 1 atom stereocenters. The molecule has 0 saturated heterocycles. The molecule has 2 aliphatic rings. The van der Waals surface area contributed by atoms with E-state index in [1.807, 2.05) is 0 Å². The van der Waals surface area contributed by atoms with E-state index in [0.717, 1.165) is 0 Å². The standard InChI is InChI=1S/C8H6S/c1-2-4-8-7(3-1)5-6-9-8/h1-5,8H. The Morgan fingerprint density at radius 3 is 3.33 bits per heavy atom. The molecule has 0 N–H and O–H groups in total. The molecular formula is C8H6S. The van der Waals surface area contributed by atoms with E-state index >= 15 is 0 Å². The van der Waals surface area contributed by atoms with Crippen LogP contribution in [0.4, 0.5) is 0 Å². The van der Waals surface area contributed by atoms with E-state index in [1.165, 1.54) is 5.57 Å². The number of allylic oxidation sites excluding steroid dienone is 3. The first-order valence-corrected chi connectivity index (χ1v) is 3.81. The number of hydrogen-bond acceptors (Lipinski definition) is 1. The summed E-state index contributed by atoms with van der Waals surface area (Å²) in [5.41, 5.74) is 1.38. The molecule has 1 heteroatoms. The Kier molecular flexibility index (Phi) is 1.23. The molecule has 0 saturated carbocycles. The van der Waals surface area contributed by atoms with Crippen LogP contribution in [-0.4, -0.2) is 5.25 Å². The minimum absolute atomic E-state index is 0.565. The molecule has 0 spiro atoms. The first-order valence-electron chi connectivity index (χ1n) is 2.93. The normalized spacial score (nSPS) is 30.2. The fraction of sp³-hybridized carbons (Fsp3) is 0.125. The Hall–Kier alpha value is -0.430. The highest BCUT2D eigenvalue weighted by molar-refractivity contribution is 8.02. The zero-order valence-corrected chi connectivity index (χ0v) is 5.69. The first-order chi connectivity index (χ1) is 4.47. The van der Waals surface area contributed by atoms with Crippen molar-refractivity contribution in [3.05, 3.63) is 41.7 Å². The molecule has 0 fully saturated rings. The zero-order valence-electron chi connectivity index (χ0n) is 4.87. The topological polar surface area (TPSA) is 0 Å². The maximum Gasteiger partial charge on any atom is 0.0753 e. The van der Waals surface area contributed by atoms with Crippen LogP contribution in [0, 0.1) is 5.75 Å². The van der Waals surface area contributed by atoms with Gasteiger partial charge in [-0.15, -0.1) is 11.8 Å². The number of hydrogen-bond donors (Lipinski definition) is 0. The van der Waals surface area contributed by atoms with Gasteiger partial charge in [0.05, 0.1) is 5.75 Å². The average Bonchev–Trinajstić information content (AvgIpc) is 2.33. The second-order valence-electron chi connectivity index (χ2n) is 2.04. The summed E-state index contributed by atoms with van der Waals surface area (Å²) in [5.74, 6) is 3.12. The second-order valence-corrected chi connectivity index (χ2v) is 3.02. The quantitative estimate of drug-likeness (QED) is 0.489. The summed E-state index contributed by atoms with van der Waals surface area (Å²) in [7, 11) is 0. The van der Waals surface area contributed by atoms with Gasteiger partial charge in [0.1, 0.15) is 0 Å². The number of rotatable bonds is 0. The molecule has 0 nitrogen and oxygen atoms in total. The van der Waals surface area contributed by atoms with E-state index in [9.17, 15) is 0 Å². The van der Waals surface area contributed by atoms with Crippen molar-refractivity contribution in [2.24, 2.45) is 0 Å². The van der Waals surface area contributed by atoms with Crippen LogP contribution in [0.15, 0.2) is 36.0 Å². The molecule has 1 aliphatic heterocycles. The van der Waals surface area contributed by atoms with Crippen molar-refractivity contribution >= 4 is 11.8 Å². The van der Waals surface area contributed by atoms with E-state index < -0.39 is 0 Å². The third-order valence-electron chi connectivity index (χ3n) is 1.43. The van der Waals surface area contributed by atoms with Crippen molar-refractivity contribution in [2.45, 2.75) is 5.25 Å². The predicted molar refractivity (Wildman–Crippen MR) is 41.0 cm³/mol. The van der Waals surface area contributed by atoms with Gasteiger partial charge in [0.25, 0.3) is 0 Å². The molecule has 1 aliphatic carbocycles. The monoisotopic (exact) mass is 134 g/mol. The van der Waals surface area contributed by atoms with Crippen molar-refractivity contribution in [1.29, 1.82) is 0 Å². The highest BCUT2D eigenvalue weighted by atomic mass is 32.2. The first kappa shape index (κ1) is 5.36. The Morgan fingerprint density at radius 1 is 1.44 bits per heavy atom. The van der Waals surface area contributed by atoms with Crippen molar-refractivity contribution in [3.63, 3.8) is 0 Å². The number of thioether (sulfide) groups is 1. The van der Waals surface area contributed by atoms with Gasteiger partial charge >= 0.3 is 0 Å². The minimum atomic E-state index is 0.565. The lowest BCUT2D eigenvalue weighted by atomic mass is 10.1. The van der Waals surface area contributed by atoms with Crippen LogP contribution in [-0.2, 0) is 0 Å². The molecule has 9 heavy (non-hydrogen) atoms. The van der Waals surface area contributed by atoms with Gasteiger partial charge in [0, 0.05) is 5.25 Å². The van der Waals surface area contributed by atoms with Crippen LogP contribution >= 0.6 is 11.8 Å². The Labute approximate surface area is 59.3 Å². The van der Waals surface area contributed by atoms with E-state index in [-0.39, 0.29) is 0 Å². The SMILES string of the molecule is [C]1C=C2C=CC=CC2S1. The number of fused-ring (bicyclic) bond motifs is 1. The Balaban J connectivity index is 2.33. The maximum atomic E-state index is 3.12. The van der Waals surface area contributed by atoms with Crippen LogP contribution in [0.3, 0.4) is 0 Å². The Bertz CT molecular complexity index is 196. The van der Waals surface area contributed by atoms with Gasteiger partial charge in [-0.1, -0.05) is 30.4 Å². The van der Waals surface area contributed by atoms with Gasteiger partial charge < -0.3 is 0 Å². The molecule has 0 amide bonds. The largest absolute Gasteiger partial charge is 0.135 e. The third-order valence-corrected chi connectivity index (χ3v) is 2.37. The zero-order chi connectivity index (χ0) is 6.10. The molecular weight excluding hydrogens is 128 g/mol. The van der Waals surface area contributed by atoms with Crippen LogP contribution < -0.4 is 0 Å². The van der Waals surface area contributed by atoms with E-state index in [2.05, 4.69) is 36.1 Å². The smallest absolute Gasteiger partial charge is 0.0753 e. The molecule has 1 unspecified atom stereocenters. The fourth-order valence-corrected chi connectivity index (χ4v) is 1.75. The minimum Gasteiger partial charge on any atom is -0.135 e. The van der Waals surface area contributed by atoms with Crippen LogP contribution in [0.25, 0.3) is 0 Å². The molecule has 2 rings (SSSR count). The molecule has 0 aromatic carbocycles. The summed E-state index contributed by atoms with van der Waals surface area (Å²) < 4.78 is 0. The molecule has 0 bridgehead atoms. The highest BCUT2D eigenvalue weighted by Gasteiger charge is 2.16. The molecule has 0 aromatic heterocycles. The van der Waals surface area contributed by atoms with Gasteiger partial charge in [-0.25, -0.2) is 0 Å². The summed E-state index contributed by atoms with van der Waals surface area (Å²) in [6, 6.07) is 0. The maximum absolute atomic E-state index is 3.12. The third kappa shape index (κ3) is 0.855. The second kappa shape index (κ2) is 2.07. The van der Waals surface area contributed by atoms with Crippen molar-refractivity contribution in [1.82, 2.24) is 0 Å². The molecule has 2 radical (unpaired) electrons. The lowest BCUT2D eigenvalue weighted by molar-refractivity contribution is 1.31. The van der Waals surface area contributed by atoms with Crippen LogP contribution in [0.5, 0.6) is 0 Å². The lowest BCUT2D eigenvalue weighted by Gasteiger charge is -2.07. The average molecular weight is 134 g/mol. The fourth-order valence-electron chi connectivity index (χ4n) is 0.951. The van der Waals surface area contributed by atoms with Crippen LogP contribution in [0.2, 0.25) is 0 Å². The summed E-state index contributed by atoms with van der Waals surface area (Å²) in [6.45, 7) is 0. The van der Waals surface area contributed by atoms with Crippen molar-refractivity contribution in [3.8, 4) is 0 Å². The summed E-state index contributed by atoms with van der Waals surface area (Å²) in [4.78, 5) is 0. The molecule has 44 valence electrons.